The molecule has 2 aromatic rings. The first-order valence-electron chi connectivity index (χ1n) is 8.82. The molecule has 0 bridgehead atoms. The summed E-state index contributed by atoms with van der Waals surface area (Å²) in [6, 6.07) is 15.0. The second-order valence-electron chi connectivity index (χ2n) is 6.25. The molecular weight excluding hydrogens is 340 g/mol. The highest BCUT2D eigenvalue weighted by molar-refractivity contribution is 6.29. The lowest BCUT2D eigenvalue weighted by Crippen LogP contribution is -2.22. The molecule has 1 aliphatic rings. The van der Waals surface area contributed by atoms with E-state index in [-0.39, 0.29) is 11.8 Å². The van der Waals surface area contributed by atoms with Crippen molar-refractivity contribution in [1.29, 1.82) is 0 Å². The summed E-state index contributed by atoms with van der Waals surface area (Å²) < 4.78 is 0. The SMILES string of the molecule is CCc1ccccc1N/C=C1/C(=O)N(c2cccc(NC(C)=O)c2)N=C1C. The molecule has 3 rings (SSSR count). The van der Waals surface area contributed by atoms with Crippen LogP contribution >= 0.6 is 0 Å². The summed E-state index contributed by atoms with van der Waals surface area (Å²) in [6.45, 7) is 5.33. The van der Waals surface area contributed by atoms with Crippen molar-refractivity contribution >= 4 is 34.6 Å². The van der Waals surface area contributed by atoms with Gasteiger partial charge in [0.2, 0.25) is 5.91 Å². The minimum Gasteiger partial charge on any atom is -0.361 e. The number of anilines is 3. The van der Waals surface area contributed by atoms with E-state index < -0.39 is 0 Å². The summed E-state index contributed by atoms with van der Waals surface area (Å²) >= 11 is 0. The van der Waals surface area contributed by atoms with E-state index in [0.29, 0.717) is 22.7 Å². The number of rotatable bonds is 5. The summed E-state index contributed by atoms with van der Waals surface area (Å²) in [4.78, 5) is 24.1. The highest BCUT2D eigenvalue weighted by Crippen LogP contribution is 2.26. The number of carbonyl (C=O) groups excluding carboxylic acids is 2. The van der Waals surface area contributed by atoms with Gasteiger partial charge in [0.05, 0.1) is 17.0 Å². The first-order valence-corrected chi connectivity index (χ1v) is 8.82. The van der Waals surface area contributed by atoms with E-state index in [0.717, 1.165) is 12.1 Å². The van der Waals surface area contributed by atoms with E-state index in [4.69, 9.17) is 0 Å². The molecule has 138 valence electrons. The van der Waals surface area contributed by atoms with Gasteiger partial charge in [-0.2, -0.15) is 10.1 Å². The number of nitrogens with one attached hydrogen (secondary N) is 2. The fourth-order valence-corrected chi connectivity index (χ4v) is 2.90. The smallest absolute Gasteiger partial charge is 0.282 e. The van der Waals surface area contributed by atoms with Crippen LogP contribution in [0.3, 0.4) is 0 Å². The highest BCUT2D eigenvalue weighted by atomic mass is 16.2. The minimum atomic E-state index is -0.214. The van der Waals surface area contributed by atoms with Crippen molar-refractivity contribution in [2.75, 3.05) is 15.6 Å². The van der Waals surface area contributed by atoms with Gasteiger partial charge in [0, 0.05) is 24.5 Å². The van der Waals surface area contributed by atoms with Gasteiger partial charge in [-0.25, -0.2) is 0 Å². The number of hydrogen-bond donors (Lipinski definition) is 2. The second-order valence-corrected chi connectivity index (χ2v) is 6.25. The number of hydrazone groups is 1. The van der Waals surface area contributed by atoms with Gasteiger partial charge in [-0.15, -0.1) is 0 Å². The summed E-state index contributed by atoms with van der Waals surface area (Å²) in [6.07, 6.45) is 2.60. The molecule has 6 nitrogen and oxygen atoms in total. The van der Waals surface area contributed by atoms with Gasteiger partial charge in [0.1, 0.15) is 0 Å². The van der Waals surface area contributed by atoms with Crippen molar-refractivity contribution in [2.45, 2.75) is 27.2 Å². The van der Waals surface area contributed by atoms with E-state index in [1.165, 1.54) is 17.5 Å². The zero-order chi connectivity index (χ0) is 19.4. The van der Waals surface area contributed by atoms with Crippen LogP contribution in [0.5, 0.6) is 0 Å². The molecule has 2 amide bonds. The van der Waals surface area contributed by atoms with Gasteiger partial charge in [-0.05, 0) is 43.2 Å². The standard InChI is InChI=1S/C21H22N4O2/c1-4-16-8-5-6-11-20(16)22-13-19-14(2)24-25(21(19)27)18-10-7-9-17(12-18)23-15(3)26/h5-13,22H,4H2,1-3H3,(H,23,26)/b19-13+. The second kappa shape index (κ2) is 7.86. The quantitative estimate of drug-likeness (QED) is 0.792. The third-order valence-corrected chi connectivity index (χ3v) is 4.24. The molecule has 0 aliphatic carbocycles. The Morgan fingerprint density at radius 1 is 1.19 bits per heavy atom. The van der Waals surface area contributed by atoms with E-state index in [1.54, 1.807) is 37.4 Å². The number of aryl methyl sites for hydroxylation is 1. The van der Waals surface area contributed by atoms with E-state index in [2.05, 4.69) is 28.7 Å². The van der Waals surface area contributed by atoms with Crippen LogP contribution in [0, 0.1) is 0 Å². The number of amides is 2. The van der Waals surface area contributed by atoms with Gasteiger partial charge in [0.25, 0.3) is 5.91 Å². The average molecular weight is 362 g/mol. The average Bonchev–Trinajstić information content (AvgIpc) is 2.94. The van der Waals surface area contributed by atoms with Crippen LogP contribution in [0.25, 0.3) is 0 Å². The Hall–Kier alpha value is -3.41. The molecule has 0 saturated heterocycles. The van der Waals surface area contributed by atoms with Gasteiger partial charge in [-0.1, -0.05) is 31.2 Å². The van der Waals surface area contributed by atoms with E-state index in [1.807, 2.05) is 18.2 Å². The van der Waals surface area contributed by atoms with Crippen LogP contribution in [-0.4, -0.2) is 17.5 Å². The fraction of sp³-hybridized carbons (Fsp3) is 0.190. The topological polar surface area (TPSA) is 73.8 Å². The van der Waals surface area contributed by atoms with Gasteiger partial charge in [-0.3, -0.25) is 9.59 Å². The summed E-state index contributed by atoms with van der Waals surface area (Å²) in [5.41, 5.74) is 4.50. The lowest BCUT2D eigenvalue weighted by Gasteiger charge is -2.13. The van der Waals surface area contributed by atoms with Crippen molar-refractivity contribution in [3.05, 3.63) is 65.9 Å². The normalized spacial score (nSPS) is 15.1. The van der Waals surface area contributed by atoms with E-state index >= 15 is 0 Å². The van der Waals surface area contributed by atoms with Crippen LogP contribution in [-0.2, 0) is 16.0 Å². The Kier molecular flexibility index (Phi) is 5.35. The zero-order valence-electron chi connectivity index (χ0n) is 15.6. The molecule has 0 unspecified atom stereocenters. The van der Waals surface area contributed by atoms with Crippen LogP contribution in [0.4, 0.5) is 17.1 Å². The lowest BCUT2D eigenvalue weighted by atomic mass is 10.1. The molecule has 0 spiro atoms. The van der Waals surface area contributed by atoms with Gasteiger partial charge in [0.15, 0.2) is 0 Å². The van der Waals surface area contributed by atoms with Crippen molar-refractivity contribution in [1.82, 2.24) is 0 Å². The first-order chi connectivity index (χ1) is 13.0. The van der Waals surface area contributed by atoms with Crippen molar-refractivity contribution in [3.63, 3.8) is 0 Å². The molecule has 0 saturated carbocycles. The molecule has 2 aromatic carbocycles. The zero-order valence-corrected chi connectivity index (χ0v) is 15.6. The van der Waals surface area contributed by atoms with Gasteiger partial charge >= 0.3 is 0 Å². The Morgan fingerprint density at radius 2 is 1.96 bits per heavy atom. The minimum absolute atomic E-state index is 0.168. The van der Waals surface area contributed by atoms with Crippen molar-refractivity contribution < 1.29 is 9.59 Å². The summed E-state index contributed by atoms with van der Waals surface area (Å²) in [5.74, 6) is -0.382. The molecule has 27 heavy (non-hydrogen) atoms. The lowest BCUT2D eigenvalue weighted by molar-refractivity contribution is -0.115. The molecule has 1 heterocycles. The van der Waals surface area contributed by atoms with Crippen molar-refractivity contribution in [2.24, 2.45) is 5.10 Å². The largest absolute Gasteiger partial charge is 0.361 e. The van der Waals surface area contributed by atoms with Crippen LogP contribution in [0.15, 0.2) is 65.4 Å². The molecule has 1 aliphatic heterocycles. The number of hydrogen-bond acceptors (Lipinski definition) is 4. The maximum Gasteiger partial charge on any atom is 0.282 e. The number of nitrogens with zero attached hydrogens (tertiary/aromatic N) is 2. The maximum atomic E-state index is 12.8. The number of benzene rings is 2. The highest BCUT2D eigenvalue weighted by Gasteiger charge is 2.29. The molecule has 0 radical (unpaired) electrons. The monoisotopic (exact) mass is 362 g/mol. The third-order valence-electron chi connectivity index (χ3n) is 4.24. The Labute approximate surface area is 158 Å². The van der Waals surface area contributed by atoms with Crippen molar-refractivity contribution in [3.8, 4) is 0 Å². The Bertz CT molecular complexity index is 947. The molecule has 0 fully saturated rings. The van der Waals surface area contributed by atoms with Gasteiger partial charge < -0.3 is 10.6 Å². The third kappa shape index (κ3) is 4.06. The first kappa shape index (κ1) is 18.4. The Balaban J connectivity index is 1.83. The van der Waals surface area contributed by atoms with Crippen LogP contribution in [0.1, 0.15) is 26.3 Å². The molecule has 6 heteroatoms. The van der Waals surface area contributed by atoms with E-state index in [9.17, 15) is 9.59 Å². The summed E-state index contributed by atoms with van der Waals surface area (Å²) in [5, 5.41) is 11.7. The molecule has 2 N–H and O–H groups in total. The molecule has 0 atom stereocenters. The maximum absolute atomic E-state index is 12.8. The fourth-order valence-electron chi connectivity index (χ4n) is 2.90. The van der Waals surface area contributed by atoms with Crippen LogP contribution in [0.2, 0.25) is 0 Å². The Morgan fingerprint density at radius 3 is 2.70 bits per heavy atom. The summed E-state index contributed by atoms with van der Waals surface area (Å²) in [7, 11) is 0. The molecular formula is C21H22N4O2. The predicted octanol–water partition coefficient (Wildman–Crippen LogP) is 3.93. The van der Waals surface area contributed by atoms with Crippen LogP contribution < -0.4 is 15.6 Å². The number of para-hydroxylation sites is 1. The predicted molar refractivity (Wildman–Crippen MR) is 109 cm³/mol. The number of carbonyl (C=O) groups is 2. The molecule has 0 aromatic heterocycles.